The van der Waals surface area contributed by atoms with Crippen molar-refractivity contribution in [2.45, 2.75) is 18.0 Å². The van der Waals surface area contributed by atoms with Gasteiger partial charge in [-0.05, 0) is 19.2 Å². The lowest BCUT2D eigenvalue weighted by Crippen LogP contribution is -2.19. The van der Waals surface area contributed by atoms with Crippen LogP contribution in [0.1, 0.15) is 18.2 Å². The molecule has 22 heavy (non-hydrogen) atoms. The van der Waals surface area contributed by atoms with Gasteiger partial charge in [-0.2, -0.15) is 23.0 Å². The molecule has 2 heterocycles. The van der Waals surface area contributed by atoms with Gasteiger partial charge in [0.1, 0.15) is 25.0 Å². The lowest BCUT2D eigenvalue weighted by atomic mass is 10.2. The molecular weight excluding hydrogens is 319 g/mol. The van der Waals surface area contributed by atoms with E-state index in [1.54, 1.807) is 13.2 Å². The van der Waals surface area contributed by atoms with Crippen molar-refractivity contribution in [2.24, 2.45) is 5.16 Å². The molecule has 0 aliphatic carbocycles. The smallest absolute Gasteiger partial charge is 0.394 e. The van der Waals surface area contributed by atoms with Gasteiger partial charge in [-0.1, -0.05) is 5.16 Å². The Hall–Kier alpha value is -2.10. The third kappa shape index (κ3) is 3.56. The summed E-state index contributed by atoms with van der Waals surface area (Å²) < 4.78 is 39.6. The molecule has 2 aromatic heterocycles. The van der Waals surface area contributed by atoms with Gasteiger partial charge in [-0.25, -0.2) is 4.98 Å². The minimum Gasteiger partial charge on any atom is -0.394 e. The highest BCUT2D eigenvalue weighted by Gasteiger charge is 2.32. The van der Waals surface area contributed by atoms with E-state index in [1.807, 2.05) is 0 Å². The molecule has 0 aromatic carbocycles. The number of halogens is 3. The summed E-state index contributed by atoms with van der Waals surface area (Å²) in [6.45, 7) is 2.03. The molecule has 2 aromatic rings. The first-order valence-electron chi connectivity index (χ1n) is 6.14. The average Bonchev–Trinajstić information content (AvgIpc) is 3.01. The van der Waals surface area contributed by atoms with Crippen LogP contribution in [-0.2, 0) is 11.0 Å². The maximum atomic E-state index is 12.8. The van der Waals surface area contributed by atoms with Crippen LogP contribution in [0.15, 0.2) is 35.0 Å². The van der Waals surface area contributed by atoms with E-state index in [0.29, 0.717) is 11.5 Å². The van der Waals surface area contributed by atoms with E-state index in [1.165, 1.54) is 17.3 Å². The Kier molecular flexibility index (Phi) is 5.01. The van der Waals surface area contributed by atoms with Crippen molar-refractivity contribution < 1.29 is 18.0 Å². The highest BCUT2D eigenvalue weighted by molar-refractivity contribution is 7.98. The number of oxime groups is 1. The van der Waals surface area contributed by atoms with Gasteiger partial charge in [0, 0.05) is 11.1 Å². The van der Waals surface area contributed by atoms with Crippen molar-refractivity contribution in [3.63, 3.8) is 0 Å². The maximum Gasteiger partial charge on any atom is 0.417 e. The first kappa shape index (κ1) is 16.3. The molecule has 0 amide bonds. The Morgan fingerprint density at radius 3 is 2.77 bits per heavy atom. The summed E-state index contributed by atoms with van der Waals surface area (Å²) in [6, 6.07) is 1.02. The number of thioether (sulfide) groups is 1. The van der Waals surface area contributed by atoms with Gasteiger partial charge in [0.15, 0.2) is 0 Å². The molecule has 0 atom stereocenters. The van der Waals surface area contributed by atoms with Crippen molar-refractivity contribution in [3.05, 3.63) is 36.2 Å². The Morgan fingerprint density at radius 2 is 2.23 bits per heavy atom. The van der Waals surface area contributed by atoms with Crippen molar-refractivity contribution >= 4 is 17.6 Å². The van der Waals surface area contributed by atoms with E-state index >= 15 is 0 Å². The molecule has 0 aliphatic rings. The second kappa shape index (κ2) is 6.77. The van der Waals surface area contributed by atoms with E-state index in [9.17, 15) is 13.2 Å². The zero-order valence-corrected chi connectivity index (χ0v) is 12.5. The van der Waals surface area contributed by atoms with Crippen LogP contribution in [0, 0.1) is 0 Å². The molecule has 6 nitrogen and oxygen atoms in total. The maximum absolute atomic E-state index is 12.8. The molecule has 0 saturated heterocycles. The molecule has 0 radical (unpaired) electrons. The SMILES string of the molecule is CCON=C(c1ncc(C(F)(F)F)cc1SC)n1cncn1. The fraction of sp³-hybridized carbons (Fsp3) is 0.333. The Balaban J connectivity index is 2.52. The van der Waals surface area contributed by atoms with Crippen molar-refractivity contribution in [1.29, 1.82) is 0 Å². The minimum absolute atomic E-state index is 0.164. The third-order valence-corrected chi connectivity index (χ3v) is 3.28. The first-order chi connectivity index (χ1) is 10.5. The van der Waals surface area contributed by atoms with E-state index < -0.39 is 11.7 Å². The van der Waals surface area contributed by atoms with Gasteiger partial charge in [-0.15, -0.1) is 11.8 Å². The van der Waals surface area contributed by atoms with Crippen LogP contribution in [0.3, 0.4) is 0 Å². The van der Waals surface area contributed by atoms with E-state index in [4.69, 9.17) is 4.84 Å². The molecule has 10 heteroatoms. The highest BCUT2D eigenvalue weighted by atomic mass is 32.2. The van der Waals surface area contributed by atoms with Gasteiger partial charge in [0.05, 0.1) is 5.56 Å². The standard InChI is InChI=1S/C12H12F3N5OS/c1-3-21-19-11(20-7-16-6-18-20)10-9(22-2)4-8(5-17-10)12(13,14)15/h4-7H,3H2,1-2H3. The molecule has 118 valence electrons. The summed E-state index contributed by atoms with van der Waals surface area (Å²) in [4.78, 5) is 13.0. The lowest BCUT2D eigenvalue weighted by molar-refractivity contribution is -0.138. The van der Waals surface area contributed by atoms with Crippen LogP contribution in [0.4, 0.5) is 13.2 Å². The predicted molar refractivity (Wildman–Crippen MR) is 74.6 cm³/mol. The number of alkyl halides is 3. The normalized spacial score (nSPS) is 12.5. The van der Waals surface area contributed by atoms with Gasteiger partial charge in [0.2, 0.25) is 5.84 Å². The Morgan fingerprint density at radius 1 is 1.45 bits per heavy atom. The number of nitrogens with zero attached hydrogens (tertiary/aromatic N) is 5. The molecule has 0 bridgehead atoms. The summed E-state index contributed by atoms with van der Waals surface area (Å²) in [5.74, 6) is 0.164. The second-order valence-corrected chi connectivity index (χ2v) is 4.79. The summed E-state index contributed by atoms with van der Waals surface area (Å²) in [7, 11) is 0. The minimum atomic E-state index is -4.46. The lowest BCUT2D eigenvalue weighted by Gasteiger charge is -2.12. The molecule has 2 rings (SSSR count). The van der Waals surface area contributed by atoms with Crippen LogP contribution >= 0.6 is 11.8 Å². The molecule has 0 aliphatic heterocycles. The van der Waals surface area contributed by atoms with Gasteiger partial charge >= 0.3 is 6.18 Å². The predicted octanol–water partition coefficient (Wildman–Crippen LogP) is 2.66. The first-order valence-corrected chi connectivity index (χ1v) is 7.36. The van der Waals surface area contributed by atoms with E-state index in [2.05, 4.69) is 20.2 Å². The summed E-state index contributed by atoms with van der Waals surface area (Å²) >= 11 is 1.12. The molecule has 0 N–H and O–H groups in total. The van der Waals surface area contributed by atoms with Crippen LogP contribution in [0.25, 0.3) is 0 Å². The summed E-state index contributed by atoms with van der Waals surface area (Å²) in [5.41, 5.74) is -0.589. The number of hydrogen-bond donors (Lipinski definition) is 0. The fourth-order valence-corrected chi connectivity index (χ4v) is 2.14. The second-order valence-electron chi connectivity index (χ2n) is 3.95. The monoisotopic (exact) mass is 331 g/mol. The molecular formula is C12H12F3N5OS. The Bertz CT molecular complexity index is 657. The Labute approximate surface area is 128 Å². The molecule has 0 spiro atoms. The van der Waals surface area contributed by atoms with Crippen LogP contribution in [0.5, 0.6) is 0 Å². The third-order valence-electron chi connectivity index (χ3n) is 2.53. The highest BCUT2D eigenvalue weighted by Crippen LogP contribution is 2.32. The van der Waals surface area contributed by atoms with Gasteiger partial charge < -0.3 is 4.84 Å². The van der Waals surface area contributed by atoms with Gasteiger partial charge in [-0.3, -0.25) is 4.98 Å². The van der Waals surface area contributed by atoms with Crippen LogP contribution in [-0.4, -0.2) is 38.4 Å². The average molecular weight is 331 g/mol. The number of hydrogen-bond acceptors (Lipinski definition) is 6. The topological polar surface area (TPSA) is 65.2 Å². The largest absolute Gasteiger partial charge is 0.417 e. The van der Waals surface area contributed by atoms with Crippen molar-refractivity contribution in [3.8, 4) is 0 Å². The van der Waals surface area contributed by atoms with Crippen LogP contribution < -0.4 is 0 Å². The van der Waals surface area contributed by atoms with Crippen LogP contribution in [0.2, 0.25) is 0 Å². The summed E-state index contributed by atoms with van der Waals surface area (Å²) in [5, 5.41) is 7.79. The number of aromatic nitrogens is 4. The zero-order chi connectivity index (χ0) is 16.2. The van der Waals surface area contributed by atoms with E-state index in [0.717, 1.165) is 24.0 Å². The molecule has 0 saturated carbocycles. The van der Waals surface area contributed by atoms with Crippen molar-refractivity contribution in [2.75, 3.05) is 12.9 Å². The van der Waals surface area contributed by atoms with E-state index in [-0.39, 0.29) is 11.5 Å². The fourth-order valence-electron chi connectivity index (χ4n) is 1.56. The summed E-state index contributed by atoms with van der Waals surface area (Å²) in [6.07, 6.45) is 0.597. The quantitative estimate of drug-likeness (QED) is 0.373. The zero-order valence-electron chi connectivity index (χ0n) is 11.7. The number of pyridine rings is 1. The molecule has 0 unspecified atom stereocenters. The molecule has 0 fully saturated rings. The van der Waals surface area contributed by atoms with Crippen molar-refractivity contribution in [1.82, 2.24) is 19.7 Å². The number of rotatable bonds is 4. The van der Waals surface area contributed by atoms with Gasteiger partial charge in [0.25, 0.3) is 0 Å².